The molecule has 0 bridgehead atoms. The first-order chi connectivity index (χ1) is 9.74. The van der Waals surface area contributed by atoms with Crippen LogP contribution in [0.2, 0.25) is 0 Å². The van der Waals surface area contributed by atoms with Gasteiger partial charge < -0.3 is 14.7 Å². The van der Waals surface area contributed by atoms with Crippen LogP contribution >= 0.6 is 0 Å². The van der Waals surface area contributed by atoms with Crippen LogP contribution in [0.3, 0.4) is 0 Å². The van der Waals surface area contributed by atoms with Gasteiger partial charge >= 0.3 is 0 Å². The zero-order valence-electron chi connectivity index (χ0n) is 12.0. The van der Waals surface area contributed by atoms with Crippen molar-refractivity contribution in [2.45, 2.75) is 38.7 Å². The second-order valence-electron chi connectivity index (χ2n) is 5.07. The van der Waals surface area contributed by atoms with Crippen LogP contribution in [0.15, 0.2) is 6.07 Å². The van der Waals surface area contributed by atoms with Crippen molar-refractivity contribution in [2.24, 2.45) is 0 Å². The van der Waals surface area contributed by atoms with Gasteiger partial charge in [0.2, 0.25) is 0 Å². The molecule has 112 valence electrons. The third-order valence-corrected chi connectivity index (χ3v) is 3.62. The number of ether oxygens (including phenoxy) is 1. The molecule has 0 atom stereocenters. The van der Waals surface area contributed by atoms with Gasteiger partial charge in [0.25, 0.3) is 5.91 Å². The van der Waals surface area contributed by atoms with Gasteiger partial charge in [0, 0.05) is 32.0 Å². The number of aliphatic hydroxyl groups is 1. The molecule has 1 aliphatic rings. The number of carbonyl (C=O) groups excluding carboxylic acids is 1. The van der Waals surface area contributed by atoms with Crippen molar-refractivity contribution < 1.29 is 14.6 Å². The van der Waals surface area contributed by atoms with E-state index < -0.39 is 0 Å². The Kier molecular flexibility index (Phi) is 5.55. The average molecular weight is 281 g/mol. The number of aromatic amines is 1. The number of nitrogens with zero attached hydrogens (tertiary/aromatic N) is 2. The highest BCUT2D eigenvalue weighted by molar-refractivity contribution is 5.92. The molecule has 0 radical (unpaired) electrons. The Balaban J connectivity index is 1.79. The monoisotopic (exact) mass is 281 g/mol. The zero-order valence-corrected chi connectivity index (χ0v) is 12.0. The lowest BCUT2D eigenvalue weighted by Gasteiger charge is -2.31. The van der Waals surface area contributed by atoms with Crippen LogP contribution in [0.25, 0.3) is 0 Å². The number of nitrogens with one attached hydrogen (secondary N) is 1. The molecule has 0 aliphatic carbocycles. The fourth-order valence-corrected chi connectivity index (χ4v) is 2.35. The summed E-state index contributed by atoms with van der Waals surface area (Å²) in [7, 11) is 0. The zero-order chi connectivity index (χ0) is 14.4. The Hall–Kier alpha value is -1.40. The normalized spacial score (nSPS) is 16.6. The summed E-state index contributed by atoms with van der Waals surface area (Å²) in [5.41, 5.74) is 1.48. The van der Waals surface area contributed by atoms with Crippen molar-refractivity contribution in [1.29, 1.82) is 0 Å². The number of aliphatic hydroxyl groups excluding tert-OH is 1. The number of hydrogen-bond donors (Lipinski definition) is 2. The van der Waals surface area contributed by atoms with Crippen molar-refractivity contribution in [1.82, 2.24) is 15.1 Å². The van der Waals surface area contributed by atoms with E-state index in [1.165, 1.54) is 0 Å². The summed E-state index contributed by atoms with van der Waals surface area (Å²) >= 11 is 0. The number of aryl methyl sites for hydroxylation is 1. The van der Waals surface area contributed by atoms with E-state index in [-0.39, 0.29) is 18.6 Å². The number of amides is 1. The Morgan fingerprint density at radius 3 is 2.90 bits per heavy atom. The average Bonchev–Trinajstić information content (AvgIpc) is 2.96. The molecule has 1 fully saturated rings. The maximum absolute atomic E-state index is 12.3. The summed E-state index contributed by atoms with van der Waals surface area (Å²) in [5.74, 6) is -0.00485. The van der Waals surface area contributed by atoms with Crippen molar-refractivity contribution in [2.75, 3.05) is 26.3 Å². The molecular formula is C14H23N3O3. The summed E-state index contributed by atoms with van der Waals surface area (Å²) in [4.78, 5) is 14.1. The highest BCUT2D eigenvalue weighted by Gasteiger charge is 2.25. The first kappa shape index (κ1) is 15.0. The van der Waals surface area contributed by atoms with Gasteiger partial charge in [-0.2, -0.15) is 5.10 Å². The molecule has 6 nitrogen and oxygen atoms in total. The molecule has 2 heterocycles. The highest BCUT2D eigenvalue weighted by Crippen LogP contribution is 2.16. The van der Waals surface area contributed by atoms with Gasteiger partial charge in [0.05, 0.1) is 6.10 Å². The quantitative estimate of drug-likeness (QED) is 0.762. The van der Waals surface area contributed by atoms with Gasteiger partial charge in [-0.25, -0.2) is 0 Å². The Morgan fingerprint density at radius 1 is 1.55 bits per heavy atom. The molecule has 1 saturated heterocycles. The van der Waals surface area contributed by atoms with Crippen LogP contribution in [0.5, 0.6) is 0 Å². The third kappa shape index (κ3) is 3.80. The smallest absolute Gasteiger partial charge is 0.274 e. The molecule has 0 saturated carbocycles. The van der Waals surface area contributed by atoms with Crippen molar-refractivity contribution in [3.63, 3.8) is 0 Å². The SMILES string of the molecule is CCc1cc(C(=O)N2CCC(OCCCO)CC2)n[nH]1. The predicted molar refractivity (Wildman–Crippen MR) is 74.5 cm³/mol. The predicted octanol–water partition coefficient (Wildman–Crippen LogP) is 0.976. The second kappa shape index (κ2) is 7.40. The molecule has 0 aromatic carbocycles. The Labute approximate surface area is 119 Å². The van der Waals surface area contributed by atoms with E-state index in [0.717, 1.165) is 25.0 Å². The summed E-state index contributed by atoms with van der Waals surface area (Å²) in [5, 5.41) is 15.7. The molecule has 0 unspecified atom stereocenters. The van der Waals surface area contributed by atoms with E-state index >= 15 is 0 Å². The largest absolute Gasteiger partial charge is 0.396 e. The van der Waals surface area contributed by atoms with Crippen LogP contribution in [-0.2, 0) is 11.2 Å². The topological polar surface area (TPSA) is 78.5 Å². The summed E-state index contributed by atoms with van der Waals surface area (Å²) in [6, 6.07) is 1.83. The van der Waals surface area contributed by atoms with Crippen LogP contribution in [0.1, 0.15) is 42.4 Å². The van der Waals surface area contributed by atoms with Crippen LogP contribution in [-0.4, -0.2) is 58.5 Å². The minimum absolute atomic E-state index is 0.00485. The maximum Gasteiger partial charge on any atom is 0.274 e. The first-order valence-corrected chi connectivity index (χ1v) is 7.30. The van der Waals surface area contributed by atoms with Gasteiger partial charge in [-0.3, -0.25) is 9.89 Å². The summed E-state index contributed by atoms with van der Waals surface area (Å²) in [6.45, 7) is 4.19. The molecule has 6 heteroatoms. The van der Waals surface area contributed by atoms with E-state index in [9.17, 15) is 4.79 Å². The van der Waals surface area contributed by atoms with Crippen molar-refractivity contribution >= 4 is 5.91 Å². The molecule has 1 aromatic rings. The molecule has 1 aliphatic heterocycles. The van der Waals surface area contributed by atoms with E-state index in [1.54, 1.807) is 0 Å². The van der Waals surface area contributed by atoms with Crippen LogP contribution in [0.4, 0.5) is 0 Å². The summed E-state index contributed by atoms with van der Waals surface area (Å²) < 4.78 is 5.66. The van der Waals surface area contributed by atoms with Gasteiger partial charge in [-0.15, -0.1) is 0 Å². The third-order valence-electron chi connectivity index (χ3n) is 3.62. The number of H-pyrrole nitrogens is 1. The minimum atomic E-state index is -0.00485. The van der Waals surface area contributed by atoms with Gasteiger partial charge in [0.15, 0.2) is 0 Å². The van der Waals surface area contributed by atoms with Crippen LogP contribution < -0.4 is 0 Å². The maximum atomic E-state index is 12.3. The second-order valence-corrected chi connectivity index (χ2v) is 5.07. The van der Waals surface area contributed by atoms with Gasteiger partial charge in [-0.1, -0.05) is 6.92 Å². The molecule has 0 spiro atoms. The lowest BCUT2D eigenvalue weighted by atomic mass is 10.1. The first-order valence-electron chi connectivity index (χ1n) is 7.30. The van der Waals surface area contributed by atoms with E-state index in [1.807, 2.05) is 17.9 Å². The number of rotatable bonds is 6. The molecule has 1 amide bonds. The molecule has 2 N–H and O–H groups in total. The van der Waals surface area contributed by atoms with E-state index in [4.69, 9.17) is 9.84 Å². The fourth-order valence-electron chi connectivity index (χ4n) is 2.35. The molecule has 2 rings (SSSR count). The standard InChI is InChI=1S/C14H23N3O3/c1-2-11-10-13(16-15-11)14(19)17-6-4-12(5-7-17)20-9-3-8-18/h10,12,18H,2-9H2,1H3,(H,15,16). The lowest BCUT2D eigenvalue weighted by molar-refractivity contribution is 0.00384. The fraction of sp³-hybridized carbons (Fsp3) is 0.714. The highest BCUT2D eigenvalue weighted by atomic mass is 16.5. The number of carbonyl (C=O) groups is 1. The summed E-state index contributed by atoms with van der Waals surface area (Å²) in [6.07, 6.45) is 3.42. The minimum Gasteiger partial charge on any atom is -0.396 e. The number of aromatic nitrogens is 2. The van der Waals surface area contributed by atoms with Gasteiger partial charge in [-0.05, 0) is 31.7 Å². The van der Waals surface area contributed by atoms with E-state index in [0.29, 0.717) is 31.8 Å². The molecule has 20 heavy (non-hydrogen) atoms. The van der Waals surface area contributed by atoms with Crippen molar-refractivity contribution in [3.8, 4) is 0 Å². The van der Waals surface area contributed by atoms with Crippen molar-refractivity contribution in [3.05, 3.63) is 17.5 Å². The Morgan fingerprint density at radius 2 is 2.30 bits per heavy atom. The molecular weight excluding hydrogens is 258 g/mol. The van der Waals surface area contributed by atoms with Crippen LogP contribution in [0, 0.1) is 0 Å². The number of likely N-dealkylation sites (tertiary alicyclic amines) is 1. The Bertz CT molecular complexity index is 425. The number of piperidine rings is 1. The van der Waals surface area contributed by atoms with Gasteiger partial charge in [0.1, 0.15) is 5.69 Å². The van der Waals surface area contributed by atoms with E-state index in [2.05, 4.69) is 10.2 Å². The molecule has 1 aromatic heterocycles. The lowest BCUT2D eigenvalue weighted by Crippen LogP contribution is -2.41. The number of hydrogen-bond acceptors (Lipinski definition) is 4.